The van der Waals surface area contributed by atoms with Gasteiger partial charge in [-0.1, -0.05) is 18.2 Å². The minimum absolute atomic E-state index is 0.0185. The molecule has 2 heterocycles. The molecule has 3 nitrogen and oxygen atoms in total. The molecule has 1 fully saturated rings. The number of hydrogen-bond acceptors (Lipinski definition) is 4. The highest BCUT2D eigenvalue weighted by Crippen LogP contribution is 2.42. The summed E-state index contributed by atoms with van der Waals surface area (Å²) in [6.07, 6.45) is 3.43. The van der Waals surface area contributed by atoms with Crippen LogP contribution in [0.5, 0.6) is 0 Å². The number of nitrogens with one attached hydrogen (secondary N) is 1. The normalized spacial score (nSPS) is 13.8. The third kappa shape index (κ3) is 3.57. The molecule has 5 heteroatoms. The first-order valence-corrected chi connectivity index (χ1v) is 9.92. The van der Waals surface area contributed by atoms with Crippen LogP contribution in [0.25, 0.3) is 11.3 Å². The molecule has 1 aliphatic rings. The number of thiazole rings is 1. The summed E-state index contributed by atoms with van der Waals surface area (Å²) in [6, 6.07) is 11.9. The van der Waals surface area contributed by atoms with E-state index < -0.39 is 0 Å². The Hall–Kier alpha value is -1.98. The summed E-state index contributed by atoms with van der Waals surface area (Å²) in [6.45, 7) is 0.665. The van der Waals surface area contributed by atoms with Crippen molar-refractivity contribution in [2.24, 2.45) is 0 Å². The number of hydrogen-bond donors (Lipinski definition) is 1. The van der Waals surface area contributed by atoms with Crippen LogP contribution in [0.2, 0.25) is 0 Å². The number of carbonyl (C=O) groups is 1. The lowest BCUT2D eigenvalue weighted by atomic mass is 10.1. The predicted molar refractivity (Wildman–Crippen MR) is 99.9 cm³/mol. The summed E-state index contributed by atoms with van der Waals surface area (Å²) in [5.41, 5.74) is 2.79. The van der Waals surface area contributed by atoms with Gasteiger partial charge in [-0.25, -0.2) is 4.98 Å². The van der Waals surface area contributed by atoms with E-state index in [0.29, 0.717) is 18.0 Å². The highest BCUT2D eigenvalue weighted by molar-refractivity contribution is 7.10. The Morgan fingerprint density at radius 3 is 2.71 bits per heavy atom. The highest BCUT2D eigenvalue weighted by atomic mass is 32.1. The van der Waals surface area contributed by atoms with E-state index in [4.69, 9.17) is 4.98 Å². The molecule has 0 radical (unpaired) electrons. The van der Waals surface area contributed by atoms with E-state index in [1.807, 2.05) is 30.3 Å². The topological polar surface area (TPSA) is 42.0 Å². The molecule has 24 heavy (non-hydrogen) atoms. The van der Waals surface area contributed by atoms with Gasteiger partial charge in [0.15, 0.2) is 0 Å². The lowest BCUT2D eigenvalue weighted by Gasteiger charge is -2.05. The van der Waals surface area contributed by atoms with Crippen molar-refractivity contribution in [1.82, 2.24) is 10.3 Å². The summed E-state index contributed by atoms with van der Waals surface area (Å²) in [7, 11) is 0. The maximum absolute atomic E-state index is 12.2. The van der Waals surface area contributed by atoms with E-state index >= 15 is 0 Å². The Labute approximate surface area is 149 Å². The first-order valence-electron chi connectivity index (χ1n) is 8.16. The lowest BCUT2D eigenvalue weighted by Crippen LogP contribution is -2.25. The zero-order chi connectivity index (χ0) is 16.4. The molecule has 3 aromatic rings. The van der Waals surface area contributed by atoms with Crippen LogP contribution in [0.1, 0.15) is 39.0 Å². The predicted octanol–water partition coefficient (Wildman–Crippen LogP) is 4.72. The van der Waals surface area contributed by atoms with Crippen molar-refractivity contribution in [2.45, 2.75) is 25.2 Å². The molecule has 0 atom stereocenters. The number of aromatic nitrogens is 1. The summed E-state index contributed by atoms with van der Waals surface area (Å²) in [5, 5.41) is 8.40. The SMILES string of the molecule is O=C(NCCc1cccs1)c1ccc(-c2csc(C3CC3)n2)cc1. The van der Waals surface area contributed by atoms with Crippen molar-refractivity contribution in [1.29, 1.82) is 0 Å². The van der Waals surface area contributed by atoms with Gasteiger partial charge in [0.1, 0.15) is 0 Å². The molecule has 2 aromatic heterocycles. The van der Waals surface area contributed by atoms with Gasteiger partial charge in [-0.05, 0) is 42.8 Å². The smallest absolute Gasteiger partial charge is 0.251 e. The molecule has 0 bridgehead atoms. The quantitative estimate of drug-likeness (QED) is 0.696. The first kappa shape index (κ1) is 15.5. The molecule has 0 saturated heterocycles. The first-order chi connectivity index (χ1) is 11.8. The monoisotopic (exact) mass is 354 g/mol. The second-order valence-corrected chi connectivity index (χ2v) is 7.93. The molecular formula is C19H18N2OS2. The van der Waals surface area contributed by atoms with E-state index in [1.165, 1.54) is 22.7 Å². The van der Waals surface area contributed by atoms with Crippen LogP contribution in [0.3, 0.4) is 0 Å². The fourth-order valence-corrected chi connectivity index (χ4v) is 4.30. The van der Waals surface area contributed by atoms with E-state index in [1.54, 1.807) is 22.7 Å². The van der Waals surface area contributed by atoms with Crippen molar-refractivity contribution in [2.75, 3.05) is 6.54 Å². The van der Waals surface area contributed by atoms with Gasteiger partial charge >= 0.3 is 0 Å². The number of amides is 1. The molecule has 122 valence electrons. The van der Waals surface area contributed by atoms with Crippen LogP contribution in [-0.4, -0.2) is 17.4 Å². The lowest BCUT2D eigenvalue weighted by molar-refractivity contribution is 0.0954. The average molecular weight is 355 g/mol. The zero-order valence-corrected chi connectivity index (χ0v) is 14.8. The third-order valence-corrected chi connectivity index (χ3v) is 6.07. The zero-order valence-electron chi connectivity index (χ0n) is 13.2. The van der Waals surface area contributed by atoms with E-state index in [9.17, 15) is 4.79 Å². The van der Waals surface area contributed by atoms with Crippen LogP contribution < -0.4 is 5.32 Å². The van der Waals surface area contributed by atoms with Gasteiger partial charge in [-0.15, -0.1) is 22.7 Å². The van der Waals surface area contributed by atoms with Gasteiger partial charge in [0.2, 0.25) is 0 Å². The fourth-order valence-electron chi connectivity index (χ4n) is 2.59. The average Bonchev–Trinajstić information content (AvgIpc) is 3.12. The molecule has 0 spiro atoms. The maximum atomic E-state index is 12.2. The van der Waals surface area contributed by atoms with Gasteiger partial charge in [0.25, 0.3) is 5.91 Å². The van der Waals surface area contributed by atoms with Gasteiger partial charge in [-0.2, -0.15) is 0 Å². The molecular weight excluding hydrogens is 336 g/mol. The summed E-state index contributed by atoms with van der Waals surface area (Å²) < 4.78 is 0. The molecule has 0 aliphatic heterocycles. The Morgan fingerprint density at radius 2 is 2.00 bits per heavy atom. The standard InChI is InChI=1S/C19H18N2OS2/c22-18(20-10-9-16-2-1-11-23-16)14-5-3-13(4-6-14)17-12-24-19(21-17)15-7-8-15/h1-6,11-12,15H,7-10H2,(H,20,22). The van der Waals surface area contributed by atoms with Gasteiger partial charge in [0.05, 0.1) is 10.7 Å². The van der Waals surface area contributed by atoms with Crippen LogP contribution in [-0.2, 0) is 6.42 Å². The van der Waals surface area contributed by atoms with Crippen molar-refractivity contribution in [3.63, 3.8) is 0 Å². The fraction of sp³-hybridized carbons (Fsp3) is 0.263. The minimum atomic E-state index is -0.0185. The number of thiophene rings is 1. The van der Waals surface area contributed by atoms with E-state index in [0.717, 1.165) is 17.7 Å². The van der Waals surface area contributed by atoms with Crippen molar-refractivity contribution < 1.29 is 4.79 Å². The van der Waals surface area contributed by atoms with Crippen molar-refractivity contribution in [3.05, 3.63) is 62.6 Å². The summed E-state index contributed by atoms with van der Waals surface area (Å²) >= 11 is 3.47. The van der Waals surface area contributed by atoms with Gasteiger partial charge in [0, 0.05) is 33.8 Å². The summed E-state index contributed by atoms with van der Waals surface area (Å²) in [4.78, 5) is 18.2. The molecule has 1 aromatic carbocycles. The minimum Gasteiger partial charge on any atom is -0.352 e. The number of benzene rings is 1. The second kappa shape index (κ2) is 6.87. The van der Waals surface area contributed by atoms with Crippen LogP contribution >= 0.6 is 22.7 Å². The Balaban J connectivity index is 1.36. The van der Waals surface area contributed by atoms with Crippen molar-refractivity contribution >= 4 is 28.6 Å². The molecule has 4 rings (SSSR count). The molecule has 0 unspecified atom stereocenters. The van der Waals surface area contributed by atoms with Gasteiger partial charge in [-0.3, -0.25) is 4.79 Å². The largest absolute Gasteiger partial charge is 0.352 e. The molecule has 1 saturated carbocycles. The maximum Gasteiger partial charge on any atom is 0.251 e. The highest BCUT2D eigenvalue weighted by Gasteiger charge is 2.26. The summed E-state index contributed by atoms with van der Waals surface area (Å²) in [5.74, 6) is 0.673. The second-order valence-electron chi connectivity index (χ2n) is 6.01. The number of rotatable bonds is 6. The van der Waals surface area contributed by atoms with Crippen LogP contribution in [0.4, 0.5) is 0 Å². The van der Waals surface area contributed by atoms with Crippen LogP contribution in [0, 0.1) is 0 Å². The third-order valence-electron chi connectivity index (χ3n) is 4.13. The Bertz CT molecular complexity index is 817. The number of nitrogens with zero attached hydrogens (tertiary/aromatic N) is 1. The van der Waals surface area contributed by atoms with Crippen LogP contribution in [0.15, 0.2) is 47.2 Å². The molecule has 1 amide bonds. The van der Waals surface area contributed by atoms with E-state index in [-0.39, 0.29) is 5.91 Å². The van der Waals surface area contributed by atoms with E-state index in [2.05, 4.69) is 22.1 Å². The molecule has 1 N–H and O–H groups in total. The molecule has 1 aliphatic carbocycles. The van der Waals surface area contributed by atoms with Crippen molar-refractivity contribution in [3.8, 4) is 11.3 Å². The Kier molecular flexibility index (Phi) is 4.45. The Morgan fingerprint density at radius 1 is 1.17 bits per heavy atom. The van der Waals surface area contributed by atoms with Gasteiger partial charge < -0.3 is 5.32 Å². The number of carbonyl (C=O) groups excluding carboxylic acids is 1.